The molecule has 0 spiro atoms. The number of hydrogen-bond acceptors (Lipinski definition) is 7. The van der Waals surface area contributed by atoms with Gasteiger partial charge in [0.2, 0.25) is 5.91 Å². The van der Waals surface area contributed by atoms with E-state index >= 15 is 0 Å². The number of likely N-dealkylation sites (tertiary alicyclic amines) is 1. The largest absolute Gasteiger partial charge is 0.493 e. The minimum absolute atomic E-state index is 0.0961. The number of nitrogens with zero attached hydrogens (tertiary/aromatic N) is 3. The molecule has 3 atom stereocenters. The first kappa shape index (κ1) is 29.8. The third-order valence-corrected chi connectivity index (χ3v) is 8.32. The number of carboxylic acid groups (broad SMARTS) is 1. The molecule has 3 heterocycles. The van der Waals surface area contributed by atoms with Crippen molar-refractivity contribution in [2.45, 2.75) is 70.1 Å². The number of rotatable bonds is 15. The monoisotopic (exact) mass is 545 g/mol. The van der Waals surface area contributed by atoms with Crippen LogP contribution in [0.2, 0.25) is 0 Å². The molecule has 3 aliphatic rings. The zero-order valence-corrected chi connectivity index (χ0v) is 24.0. The smallest absolute Gasteiger partial charge is 0.308 e. The predicted molar refractivity (Wildman–Crippen MR) is 149 cm³/mol. The van der Waals surface area contributed by atoms with Crippen LogP contribution < -0.4 is 4.74 Å². The molecule has 4 rings (SSSR count). The van der Waals surface area contributed by atoms with Gasteiger partial charge in [-0.3, -0.25) is 14.5 Å². The van der Waals surface area contributed by atoms with Crippen molar-refractivity contribution in [2.75, 3.05) is 66.6 Å². The van der Waals surface area contributed by atoms with Gasteiger partial charge in [0.25, 0.3) is 0 Å². The van der Waals surface area contributed by atoms with E-state index in [1.807, 2.05) is 17.0 Å². The number of benzene rings is 1. The molecule has 218 valence electrons. The van der Waals surface area contributed by atoms with Crippen molar-refractivity contribution >= 4 is 11.9 Å². The summed E-state index contributed by atoms with van der Waals surface area (Å²) >= 11 is 0. The van der Waals surface area contributed by atoms with Crippen molar-refractivity contribution in [3.05, 3.63) is 29.3 Å². The summed E-state index contributed by atoms with van der Waals surface area (Å²) in [6.45, 7) is 7.22. The van der Waals surface area contributed by atoms with Gasteiger partial charge in [0.1, 0.15) is 5.75 Å². The lowest BCUT2D eigenvalue weighted by atomic mass is 9.83. The number of hydrogen-bond donors (Lipinski definition) is 1. The Labute approximate surface area is 233 Å². The maximum atomic E-state index is 13.7. The van der Waals surface area contributed by atoms with Crippen LogP contribution >= 0.6 is 0 Å². The lowest BCUT2D eigenvalue weighted by Gasteiger charge is -2.30. The molecule has 0 aromatic heterocycles. The average molecular weight is 546 g/mol. The normalized spacial score (nSPS) is 23.3. The maximum absolute atomic E-state index is 13.7. The quantitative estimate of drug-likeness (QED) is 0.336. The van der Waals surface area contributed by atoms with E-state index in [2.05, 4.69) is 36.9 Å². The van der Waals surface area contributed by atoms with Gasteiger partial charge in [-0.15, -0.1) is 0 Å². The zero-order valence-electron chi connectivity index (χ0n) is 24.0. The number of unbranched alkanes of at least 4 members (excludes halogenated alkanes) is 2. The Morgan fingerprint density at radius 3 is 2.49 bits per heavy atom. The van der Waals surface area contributed by atoms with Crippen molar-refractivity contribution in [3.63, 3.8) is 0 Å². The highest BCUT2D eigenvalue weighted by atomic mass is 16.7. The van der Waals surface area contributed by atoms with Gasteiger partial charge in [0, 0.05) is 38.0 Å². The zero-order chi connectivity index (χ0) is 27.8. The van der Waals surface area contributed by atoms with Crippen LogP contribution in [0.4, 0.5) is 0 Å². The molecule has 3 unspecified atom stereocenters. The highest BCUT2D eigenvalue weighted by molar-refractivity contribution is 5.79. The summed E-state index contributed by atoms with van der Waals surface area (Å²) in [5.41, 5.74) is 2.16. The van der Waals surface area contributed by atoms with E-state index in [4.69, 9.17) is 14.2 Å². The number of aliphatic carboxylic acids is 1. The number of carbonyl (C=O) groups is 2. The second kappa shape index (κ2) is 14.4. The van der Waals surface area contributed by atoms with Crippen LogP contribution in [0.15, 0.2) is 18.2 Å². The van der Waals surface area contributed by atoms with Gasteiger partial charge in [0.05, 0.1) is 32.3 Å². The van der Waals surface area contributed by atoms with E-state index < -0.39 is 11.9 Å². The predicted octanol–water partition coefficient (Wildman–Crippen LogP) is 3.21. The molecule has 0 saturated carbocycles. The first-order chi connectivity index (χ1) is 18.9. The van der Waals surface area contributed by atoms with Crippen molar-refractivity contribution in [3.8, 4) is 5.75 Å². The number of carboxylic acids is 1. The van der Waals surface area contributed by atoms with Crippen LogP contribution in [0.1, 0.15) is 62.5 Å². The van der Waals surface area contributed by atoms with Crippen LogP contribution in [0.25, 0.3) is 0 Å². The van der Waals surface area contributed by atoms with E-state index in [9.17, 15) is 14.7 Å². The minimum Gasteiger partial charge on any atom is -0.493 e. The van der Waals surface area contributed by atoms with Crippen LogP contribution in [0.5, 0.6) is 5.75 Å². The lowest BCUT2D eigenvalue weighted by Crippen LogP contribution is -2.45. The molecule has 39 heavy (non-hydrogen) atoms. The van der Waals surface area contributed by atoms with E-state index in [1.54, 1.807) is 0 Å². The SMILES string of the molecule is CCCCN(CCCCN(C)C)C(=O)CN1CC(c2ccc3c(c2)CCO3)C(C(=O)O)C1CCC1OCCO1. The van der Waals surface area contributed by atoms with Gasteiger partial charge in [0.15, 0.2) is 6.29 Å². The van der Waals surface area contributed by atoms with Crippen LogP contribution in [-0.4, -0.2) is 111 Å². The molecule has 0 radical (unpaired) electrons. The molecular formula is C30H47N3O6. The van der Waals surface area contributed by atoms with E-state index in [1.165, 1.54) is 0 Å². The Hall–Kier alpha value is -2.20. The molecule has 2 saturated heterocycles. The van der Waals surface area contributed by atoms with Crippen LogP contribution in [0.3, 0.4) is 0 Å². The van der Waals surface area contributed by atoms with Gasteiger partial charge < -0.3 is 29.1 Å². The summed E-state index contributed by atoms with van der Waals surface area (Å²) in [5, 5.41) is 10.5. The summed E-state index contributed by atoms with van der Waals surface area (Å²) < 4.78 is 17.0. The fourth-order valence-corrected chi connectivity index (χ4v) is 6.22. The van der Waals surface area contributed by atoms with E-state index in [-0.39, 0.29) is 30.7 Å². The maximum Gasteiger partial charge on any atom is 0.308 e. The molecule has 3 aliphatic heterocycles. The Balaban J connectivity index is 1.51. The Bertz CT molecular complexity index is 951. The summed E-state index contributed by atoms with van der Waals surface area (Å²) in [5.74, 6) is -0.622. The van der Waals surface area contributed by atoms with Gasteiger partial charge in [-0.25, -0.2) is 0 Å². The second-order valence-electron chi connectivity index (χ2n) is 11.4. The fraction of sp³-hybridized carbons (Fsp3) is 0.733. The first-order valence-corrected chi connectivity index (χ1v) is 14.8. The third kappa shape index (κ3) is 7.93. The van der Waals surface area contributed by atoms with Crippen molar-refractivity contribution in [1.29, 1.82) is 0 Å². The second-order valence-corrected chi connectivity index (χ2v) is 11.4. The Kier molecular flexibility index (Phi) is 11.0. The van der Waals surface area contributed by atoms with Crippen LogP contribution in [0, 0.1) is 5.92 Å². The molecule has 1 aromatic rings. The topological polar surface area (TPSA) is 91.8 Å². The molecule has 1 N–H and O–H groups in total. The highest BCUT2D eigenvalue weighted by Crippen LogP contribution is 2.41. The molecule has 9 heteroatoms. The molecular weight excluding hydrogens is 498 g/mol. The van der Waals surface area contributed by atoms with E-state index in [0.717, 1.165) is 68.6 Å². The van der Waals surface area contributed by atoms with Gasteiger partial charge in [-0.1, -0.05) is 25.5 Å². The number of amides is 1. The van der Waals surface area contributed by atoms with Gasteiger partial charge >= 0.3 is 5.97 Å². The molecule has 0 bridgehead atoms. The van der Waals surface area contributed by atoms with E-state index in [0.29, 0.717) is 39.2 Å². The molecule has 1 aromatic carbocycles. The minimum atomic E-state index is -0.809. The number of carbonyl (C=O) groups excluding carboxylic acids is 1. The lowest BCUT2D eigenvalue weighted by molar-refractivity contribution is -0.144. The number of fused-ring (bicyclic) bond motifs is 1. The highest BCUT2D eigenvalue weighted by Gasteiger charge is 2.47. The average Bonchev–Trinajstić information content (AvgIpc) is 3.66. The van der Waals surface area contributed by atoms with Crippen molar-refractivity contribution in [1.82, 2.24) is 14.7 Å². The fourth-order valence-electron chi connectivity index (χ4n) is 6.22. The van der Waals surface area contributed by atoms with Gasteiger partial charge in [-0.2, -0.15) is 0 Å². The molecule has 2 fully saturated rings. The molecule has 9 nitrogen and oxygen atoms in total. The standard InChI is InChI=1S/C30H47N3O6/c1-4-5-14-32(15-7-6-13-31(2)3)27(34)21-33-20-24(22-8-10-26-23(19-22)12-16-37-26)29(30(35)36)25(33)9-11-28-38-17-18-39-28/h8,10,19,24-25,28-29H,4-7,9,11-18,20-21H2,1-3H3,(H,35,36). The summed E-state index contributed by atoms with van der Waals surface area (Å²) in [7, 11) is 4.14. The van der Waals surface area contributed by atoms with Gasteiger partial charge in [-0.05, 0) is 69.9 Å². The summed E-state index contributed by atoms with van der Waals surface area (Å²) in [4.78, 5) is 32.7. The molecule has 1 amide bonds. The third-order valence-electron chi connectivity index (χ3n) is 8.32. The Morgan fingerprint density at radius 2 is 1.77 bits per heavy atom. The summed E-state index contributed by atoms with van der Waals surface area (Å²) in [6.07, 6.45) is 5.77. The molecule has 0 aliphatic carbocycles. The van der Waals surface area contributed by atoms with Crippen molar-refractivity contribution in [2.24, 2.45) is 5.92 Å². The Morgan fingerprint density at radius 1 is 1.03 bits per heavy atom. The summed E-state index contributed by atoms with van der Waals surface area (Å²) in [6, 6.07) is 5.83. The first-order valence-electron chi connectivity index (χ1n) is 14.8. The number of ether oxygens (including phenoxy) is 3. The van der Waals surface area contributed by atoms with Crippen LogP contribution in [-0.2, 0) is 25.5 Å². The van der Waals surface area contributed by atoms with Crippen molar-refractivity contribution < 1.29 is 28.9 Å².